The predicted molar refractivity (Wildman–Crippen MR) is 105 cm³/mol. The van der Waals surface area contributed by atoms with Gasteiger partial charge in [-0.05, 0) is 12.5 Å². The van der Waals surface area contributed by atoms with Crippen LogP contribution in [-0.2, 0) is 16.1 Å². The van der Waals surface area contributed by atoms with Gasteiger partial charge in [0.25, 0.3) is 0 Å². The number of hydrogen-bond donors (Lipinski definition) is 2. The second-order valence-corrected chi connectivity index (χ2v) is 6.84. The molecule has 0 radical (unpaired) electrons. The van der Waals surface area contributed by atoms with Gasteiger partial charge in [0.15, 0.2) is 5.16 Å². The van der Waals surface area contributed by atoms with Crippen LogP contribution in [0, 0.1) is 0 Å². The monoisotopic (exact) mass is 399 g/mol. The number of urea groups is 1. The molecule has 2 aromatic rings. The maximum Gasteiger partial charge on any atom is 0.338 e. The maximum absolute atomic E-state index is 12.7. The van der Waals surface area contributed by atoms with E-state index in [4.69, 9.17) is 4.74 Å². The summed E-state index contributed by atoms with van der Waals surface area (Å²) in [7, 11) is 0. The van der Waals surface area contributed by atoms with Crippen molar-refractivity contribution in [2.24, 2.45) is 0 Å². The summed E-state index contributed by atoms with van der Waals surface area (Å²) in [5.74, 6) is -0.132. The van der Waals surface area contributed by atoms with Crippen LogP contribution < -0.4 is 10.6 Å². The highest BCUT2D eigenvalue weighted by Gasteiger charge is 2.33. The minimum Gasteiger partial charge on any atom is -0.463 e. The zero-order valence-electron chi connectivity index (χ0n) is 15.4. The van der Waals surface area contributed by atoms with Crippen LogP contribution in [0.25, 0.3) is 0 Å². The molecule has 0 saturated heterocycles. The lowest BCUT2D eigenvalue weighted by Crippen LogP contribution is -2.46. The Balaban J connectivity index is 1.94. The number of carbonyl (C=O) groups excluding carboxylic acids is 2. The lowest BCUT2D eigenvalue weighted by molar-refractivity contribution is -0.139. The third-order valence-corrected chi connectivity index (χ3v) is 5.04. The summed E-state index contributed by atoms with van der Waals surface area (Å²) in [5.41, 5.74) is 1.68. The minimum atomic E-state index is -0.587. The van der Waals surface area contributed by atoms with E-state index in [1.54, 1.807) is 19.3 Å². The van der Waals surface area contributed by atoms with Gasteiger partial charge >= 0.3 is 12.0 Å². The van der Waals surface area contributed by atoms with Crippen LogP contribution in [0.3, 0.4) is 0 Å². The first-order valence-electron chi connectivity index (χ1n) is 8.78. The minimum absolute atomic E-state index is 0.242. The number of nitrogens with one attached hydrogen (secondary N) is 2. The van der Waals surface area contributed by atoms with Crippen LogP contribution in [0.5, 0.6) is 0 Å². The fourth-order valence-corrected chi connectivity index (χ4v) is 3.73. The normalized spacial score (nSPS) is 16.3. The average molecular weight is 399 g/mol. The lowest BCUT2D eigenvalue weighted by Gasteiger charge is -2.29. The molecule has 0 aliphatic carbocycles. The number of allylic oxidation sites excluding steroid dienone is 1. The van der Waals surface area contributed by atoms with E-state index in [9.17, 15) is 9.59 Å². The van der Waals surface area contributed by atoms with Crippen molar-refractivity contribution in [1.29, 1.82) is 0 Å². The number of aromatic nitrogens is 3. The quantitative estimate of drug-likeness (QED) is 0.402. The van der Waals surface area contributed by atoms with Gasteiger partial charge in [0.1, 0.15) is 6.33 Å². The number of amides is 2. The van der Waals surface area contributed by atoms with Crippen LogP contribution in [0.4, 0.5) is 4.79 Å². The lowest BCUT2D eigenvalue weighted by atomic mass is 9.95. The number of carbonyl (C=O) groups is 2. The van der Waals surface area contributed by atoms with Crippen LogP contribution in [-0.4, -0.2) is 39.1 Å². The molecule has 0 bridgehead atoms. The number of esters is 1. The summed E-state index contributed by atoms with van der Waals surface area (Å²) in [4.78, 5) is 25.0. The zero-order valence-corrected chi connectivity index (χ0v) is 16.2. The summed E-state index contributed by atoms with van der Waals surface area (Å²) in [6.45, 7) is 6.27. The van der Waals surface area contributed by atoms with E-state index in [2.05, 4.69) is 27.4 Å². The van der Waals surface area contributed by atoms with Crippen molar-refractivity contribution >= 4 is 23.8 Å². The van der Waals surface area contributed by atoms with Crippen molar-refractivity contribution in [2.75, 3.05) is 12.4 Å². The molecule has 1 atom stereocenters. The summed E-state index contributed by atoms with van der Waals surface area (Å²) in [6, 6.07) is 8.36. The largest absolute Gasteiger partial charge is 0.463 e. The Morgan fingerprint density at radius 2 is 2.18 bits per heavy atom. The number of benzene rings is 1. The van der Waals surface area contributed by atoms with Gasteiger partial charge in [-0.25, -0.2) is 9.59 Å². The van der Waals surface area contributed by atoms with Gasteiger partial charge in [0.05, 0.1) is 18.2 Å². The van der Waals surface area contributed by atoms with E-state index < -0.39 is 12.0 Å². The smallest absolute Gasteiger partial charge is 0.338 e. The second kappa shape index (κ2) is 9.23. The molecule has 146 valence electrons. The number of thioether (sulfide) groups is 1. The molecule has 1 aromatic heterocycles. The molecule has 9 heteroatoms. The highest BCUT2D eigenvalue weighted by atomic mass is 32.2. The molecule has 28 heavy (non-hydrogen) atoms. The summed E-state index contributed by atoms with van der Waals surface area (Å²) < 4.78 is 7.09. The van der Waals surface area contributed by atoms with Crippen LogP contribution in [0.2, 0.25) is 0 Å². The molecule has 8 nitrogen and oxygen atoms in total. The highest BCUT2D eigenvalue weighted by molar-refractivity contribution is 7.99. The Morgan fingerprint density at radius 3 is 2.89 bits per heavy atom. The first kappa shape index (κ1) is 19.7. The molecule has 1 aliphatic rings. The van der Waals surface area contributed by atoms with Gasteiger partial charge < -0.3 is 19.9 Å². The van der Waals surface area contributed by atoms with Gasteiger partial charge in [-0.15, -0.1) is 16.8 Å². The third kappa shape index (κ3) is 4.42. The molecule has 2 heterocycles. The van der Waals surface area contributed by atoms with Crippen molar-refractivity contribution < 1.29 is 14.3 Å². The fraction of sp³-hybridized carbons (Fsp3) is 0.263. The van der Waals surface area contributed by atoms with Gasteiger partial charge in [-0.2, -0.15) is 0 Å². The van der Waals surface area contributed by atoms with Crippen molar-refractivity contribution in [3.8, 4) is 0 Å². The average Bonchev–Trinajstić information content (AvgIpc) is 3.14. The van der Waals surface area contributed by atoms with Gasteiger partial charge in [0, 0.05) is 18.0 Å². The van der Waals surface area contributed by atoms with E-state index in [-0.39, 0.29) is 12.6 Å². The molecule has 1 aromatic carbocycles. The van der Waals surface area contributed by atoms with Crippen LogP contribution in [0.15, 0.2) is 65.7 Å². The molecule has 3 rings (SSSR count). The summed E-state index contributed by atoms with van der Waals surface area (Å²) in [6.07, 6.45) is 3.35. The third-order valence-electron chi connectivity index (χ3n) is 4.03. The molecule has 1 aliphatic heterocycles. The topological polar surface area (TPSA) is 98.1 Å². The van der Waals surface area contributed by atoms with Gasteiger partial charge in [-0.1, -0.05) is 48.2 Å². The van der Waals surface area contributed by atoms with Crippen LogP contribution in [0.1, 0.15) is 18.5 Å². The van der Waals surface area contributed by atoms with Crippen molar-refractivity contribution in [2.45, 2.75) is 24.7 Å². The fourth-order valence-electron chi connectivity index (χ4n) is 2.83. The molecule has 0 fully saturated rings. The number of nitrogens with zero attached hydrogens (tertiary/aromatic N) is 3. The summed E-state index contributed by atoms with van der Waals surface area (Å²) in [5, 5.41) is 14.2. The molecule has 2 amide bonds. The second-order valence-electron chi connectivity index (χ2n) is 5.90. The first-order valence-corrected chi connectivity index (χ1v) is 9.76. The highest BCUT2D eigenvalue weighted by Crippen LogP contribution is 2.30. The van der Waals surface area contributed by atoms with E-state index in [0.717, 1.165) is 5.56 Å². The Hall–Kier alpha value is -3.07. The van der Waals surface area contributed by atoms with E-state index in [0.29, 0.717) is 28.7 Å². The summed E-state index contributed by atoms with van der Waals surface area (Å²) >= 11 is 1.37. The van der Waals surface area contributed by atoms with E-state index in [1.165, 1.54) is 11.8 Å². The molecule has 2 N–H and O–H groups in total. The Bertz CT molecular complexity index is 894. The van der Waals surface area contributed by atoms with Gasteiger partial charge in [0.2, 0.25) is 0 Å². The number of hydrogen-bond acceptors (Lipinski definition) is 6. The number of rotatable bonds is 8. The molecular weight excluding hydrogens is 378 g/mol. The Kier molecular flexibility index (Phi) is 6.49. The first-order chi connectivity index (χ1) is 13.6. The van der Waals surface area contributed by atoms with Gasteiger partial charge in [-0.3, -0.25) is 0 Å². The standard InChI is InChI=1S/C19H21N5O3S/c1-3-10-24-12-20-23-19(24)28-11-14-15(17(25)27-4-2)16(22-18(26)21-14)13-8-6-5-7-9-13/h3,5-9,12,16H,1,4,10-11H2,2H3,(H2,21,22,26)/t16-/m1/s1. The predicted octanol–water partition coefficient (Wildman–Crippen LogP) is 2.43. The molecular formula is C19H21N5O3S. The van der Waals surface area contributed by atoms with E-state index >= 15 is 0 Å². The molecule has 0 unspecified atom stereocenters. The van der Waals surface area contributed by atoms with Crippen molar-refractivity contribution in [1.82, 2.24) is 25.4 Å². The van der Waals surface area contributed by atoms with Crippen LogP contribution >= 0.6 is 11.8 Å². The van der Waals surface area contributed by atoms with E-state index in [1.807, 2.05) is 34.9 Å². The van der Waals surface area contributed by atoms with Crippen molar-refractivity contribution in [3.63, 3.8) is 0 Å². The SMILES string of the molecule is C=CCn1cnnc1SCC1=C(C(=O)OCC)[C@@H](c2ccccc2)NC(=O)N1. The Labute approximate surface area is 167 Å². The number of ether oxygens (including phenoxy) is 1. The maximum atomic E-state index is 12.7. The zero-order chi connectivity index (χ0) is 19.9. The molecule has 0 saturated carbocycles. The molecule has 0 spiro atoms. The van der Waals surface area contributed by atoms with Crippen molar-refractivity contribution in [3.05, 3.63) is 66.1 Å². The Morgan fingerprint density at radius 1 is 1.39 bits per heavy atom.